The number of aliphatic carboxylic acids is 1. The van der Waals surface area contributed by atoms with Crippen molar-refractivity contribution in [3.05, 3.63) is 64.3 Å². The third kappa shape index (κ3) is 8.02. The molecule has 12 nitrogen and oxygen atoms in total. The van der Waals surface area contributed by atoms with E-state index in [0.717, 1.165) is 21.8 Å². The van der Waals surface area contributed by atoms with Gasteiger partial charge in [-0.05, 0) is 39.2 Å². The van der Waals surface area contributed by atoms with Crippen LogP contribution in [0.4, 0.5) is 9.93 Å². The number of amides is 3. The molecule has 4 rings (SSSR count). The number of hydrogen-bond acceptors (Lipinski definition) is 10. The molecule has 0 bridgehead atoms. The van der Waals surface area contributed by atoms with Gasteiger partial charge in [0.25, 0.3) is 11.8 Å². The Morgan fingerprint density at radius 2 is 1.91 bits per heavy atom. The van der Waals surface area contributed by atoms with Gasteiger partial charge in [-0.15, -0.1) is 23.1 Å². The molecule has 0 aliphatic carbocycles. The van der Waals surface area contributed by atoms with Crippen LogP contribution >= 0.6 is 23.1 Å². The highest BCUT2D eigenvalue weighted by Crippen LogP contribution is 2.40. The van der Waals surface area contributed by atoms with E-state index in [1.165, 1.54) is 18.7 Å². The number of benzene rings is 1. The first kappa shape index (κ1) is 31.8. The number of anilines is 1. The third-order valence-electron chi connectivity index (χ3n) is 6.24. The highest BCUT2D eigenvalue weighted by Gasteiger charge is 2.54. The molecule has 14 heteroatoms. The number of fused-ring (bicyclic) bond motifs is 1. The maximum atomic E-state index is 13.6. The summed E-state index contributed by atoms with van der Waals surface area (Å²) in [5.74, 6) is -2.83. The Labute approximate surface area is 256 Å². The number of carboxylic acids is 1. The van der Waals surface area contributed by atoms with E-state index in [2.05, 4.69) is 15.6 Å². The molecule has 228 valence electrons. The van der Waals surface area contributed by atoms with Gasteiger partial charge in [0, 0.05) is 23.6 Å². The van der Waals surface area contributed by atoms with E-state index in [9.17, 15) is 29.1 Å². The van der Waals surface area contributed by atoms with Crippen molar-refractivity contribution in [2.75, 3.05) is 17.7 Å². The van der Waals surface area contributed by atoms with Gasteiger partial charge in [0.05, 0.1) is 11.3 Å². The molecule has 1 aromatic heterocycles. The SMILES string of the molecule is CC(=O)OCC1=C(C(=O)O)N2C(=O)C(NC(=O)C(=CCCc3ccccc3)c3csc(NC(=O)OC(C)(C)C)n3)[C@@H]2SC1. The molecular formula is C29H32N4O8S2. The second kappa shape index (κ2) is 13.4. The highest BCUT2D eigenvalue weighted by molar-refractivity contribution is 8.00. The minimum absolute atomic E-state index is 0.209. The zero-order valence-electron chi connectivity index (χ0n) is 24.0. The quantitative estimate of drug-likeness (QED) is 0.200. The van der Waals surface area contributed by atoms with Gasteiger partial charge in [0.1, 0.15) is 29.3 Å². The molecule has 1 fully saturated rings. The number of ether oxygens (including phenoxy) is 2. The van der Waals surface area contributed by atoms with Crippen molar-refractivity contribution in [2.24, 2.45) is 0 Å². The van der Waals surface area contributed by atoms with Crippen LogP contribution < -0.4 is 10.6 Å². The summed E-state index contributed by atoms with van der Waals surface area (Å²) in [5.41, 5.74) is 0.944. The first-order valence-electron chi connectivity index (χ1n) is 13.4. The van der Waals surface area contributed by atoms with E-state index in [4.69, 9.17) is 9.47 Å². The van der Waals surface area contributed by atoms with Crippen LogP contribution in [0.5, 0.6) is 0 Å². The number of aryl methyl sites for hydroxylation is 1. The van der Waals surface area contributed by atoms with Gasteiger partial charge in [-0.1, -0.05) is 36.4 Å². The van der Waals surface area contributed by atoms with Gasteiger partial charge in [-0.2, -0.15) is 0 Å². The summed E-state index contributed by atoms with van der Waals surface area (Å²) in [5, 5.41) is 16.3. The van der Waals surface area contributed by atoms with Crippen LogP contribution in [0.1, 0.15) is 45.4 Å². The van der Waals surface area contributed by atoms with Crippen molar-refractivity contribution in [3.63, 3.8) is 0 Å². The fraction of sp³-hybridized carbons (Fsp3) is 0.379. The number of rotatable bonds is 10. The monoisotopic (exact) mass is 628 g/mol. The van der Waals surface area contributed by atoms with Gasteiger partial charge in [0.15, 0.2) is 5.13 Å². The van der Waals surface area contributed by atoms with Gasteiger partial charge < -0.3 is 19.9 Å². The van der Waals surface area contributed by atoms with Crippen molar-refractivity contribution in [1.29, 1.82) is 0 Å². The molecule has 3 N–H and O–H groups in total. The first-order chi connectivity index (χ1) is 20.3. The molecule has 2 aliphatic rings. The predicted molar refractivity (Wildman–Crippen MR) is 161 cm³/mol. The Bertz CT molecular complexity index is 1480. The van der Waals surface area contributed by atoms with Gasteiger partial charge >= 0.3 is 18.0 Å². The number of allylic oxidation sites excluding steroid dienone is 1. The van der Waals surface area contributed by atoms with E-state index < -0.39 is 46.9 Å². The second-order valence-corrected chi connectivity index (χ2v) is 12.7. The maximum Gasteiger partial charge on any atom is 0.413 e. The molecule has 1 unspecified atom stereocenters. The van der Waals surface area contributed by atoms with E-state index in [-0.39, 0.29) is 28.8 Å². The lowest BCUT2D eigenvalue weighted by atomic mass is 10.0. The molecule has 0 radical (unpaired) electrons. The lowest BCUT2D eigenvalue weighted by molar-refractivity contribution is -0.150. The zero-order chi connectivity index (χ0) is 31.3. The molecule has 2 aromatic rings. The summed E-state index contributed by atoms with van der Waals surface area (Å²) in [4.78, 5) is 67.7. The molecule has 3 heterocycles. The van der Waals surface area contributed by atoms with Crippen LogP contribution in [-0.4, -0.2) is 74.2 Å². The van der Waals surface area contributed by atoms with E-state index in [0.29, 0.717) is 24.1 Å². The van der Waals surface area contributed by atoms with Gasteiger partial charge in [-0.3, -0.25) is 24.6 Å². The standard InChI is InChI=1S/C29H32N4O8S2/c1-16(34)40-13-18-14-42-25-21(24(36)33(25)22(18)26(37)38)31-23(35)19(12-8-11-17-9-6-5-7-10-17)20-15-43-27(30-20)32-28(39)41-29(2,3)4/h5-7,9-10,12,15,21,25H,8,11,13-14H2,1-4H3,(H,31,35)(H,37,38)(H,30,32,39)/t21?,25-/m0/s1. The highest BCUT2D eigenvalue weighted by atomic mass is 32.2. The van der Waals surface area contributed by atoms with E-state index >= 15 is 0 Å². The topological polar surface area (TPSA) is 164 Å². The van der Waals surface area contributed by atoms with Crippen LogP contribution in [0.15, 0.2) is 53.1 Å². The van der Waals surface area contributed by atoms with Crippen LogP contribution in [0.3, 0.4) is 0 Å². The Kier molecular flexibility index (Phi) is 9.91. The molecule has 0 saturated carbocycles. The number of aromatic nitrogens is 1. The number of nitrogens with zero attached hydrogens (tertiary/aromatic N) is 2. The number of carbonyl (C=O) groups excluding carboxylic acids is 4. The number of carbonyl (C=O) groups is 5. The molecule has 3 amide bonds. The zero-order valence-corrected chi connectivity index (χ0v) is 25.7. The summed E-state index contributed by atoms with van der Waals surface area (Å²) < 4.78 is 10.2. The Hall–Kier alpha value is -4.17. The second-order valence-electron chi connectivity index (χ2n) is 10.7. The third-order valence-corrected chi connectivity index (χ3v) is 8.34. The number of carboxylic acid groups (broad SMARTS) is 1. The van der Waals surface area contributed by atoms with Gasteiger partial charge in [-0.25, -0.2) is 14.6 Å². The van der Waals surface area contributed by atoms with Crippen LogP contribution in [0.25, 0.3) is 5.57 Å². The molecule has 0 spiro atoms. The Morgan fingerprint density at radius 3 is 2.56 bits per heavy atom. The average molecular weight is 629 g/mol. The molecule has 1 aromatic carbocycles. The lowest BCUT2D eigenvalue weighted by Crippen LogP contribution is -2.70. The molecule has 43 heavy (non-hydrogen) atoms. The van der Waals surface area contributed by atoms with Crippen molar-refractivity contribution in [1.82, 2.24) is 15.2 Å². The number of thiazole rings is 1. The summed E-state index contributed by atoms with van der Waals surface area (Å²) in [6, 6.07) is 8.75. The van der Waals surface area contributed by atoms with Gasteiger partial charge in [0.2, 0.25) is 0 Å². The summed E-state index contributed by atoms with van der Waals surface area (Å²) >= 11 is 2.39. The largest absolute Gasteiger partial charge is 0.477 e. The van der Waals surface area contributed by atoms with Crippen molar-refractivity contribution >= 4 is 63.6 Å². The molecule has 2 aliphatic heterocycles. The maximum absolute atomic E-state index is 13.6. The smallest absolute Gasteiger partial charge is 0.413 e. The van der Waals surface area contributed by atoms with E-state index in [1.807, 2.05) is 30.3 Å². The number of nitrogens with one attached hydrogen (secondary N) is 2. The van der Waals surface area contributed by atoms with Crippen LogP contribution in [0.2, 0.25) is 0 Å². The minimum Gasteiger partial charge on any atom is -0.477 e. The average Bonchev–Trinajstić information content (AvgIpc) is 3.39. The minimum atomic E-state index is -1.32. The number of hydrogen-bond donors (Lipinski definition) is 3. The Balaban J connectivity index is 1.52. The number of β-lactam (4-membered cyclic amide) rings is 1. The van der Waals surface area contributed by atoms with Crippen LogP contribution in [0, 0.1) is 0 Å². The van der Waals surface area contributed by atoms with Crippen LogP contribution in [-0.2, 0) is 35.1 Å². The van der Waals surface area contributed by atoms with Crippen molar-refractivity contribution < 1.29 is 38.6 Å². The summed E-state index contributed by atoms with van der Waals surface area (Å²) in [6.07, 6.45) is 2.19. The van der Waals surface area contributed by atoms with Crippen molar-refractivity contribution in [3.8, 4) is 0 Å². The molecular weight excluding hydrogens is 596 g/mol. The number of thioether (sulfide) groups is 1. The fourth-order valence-electron chi connectivity index (χ4n) is 4.39. The number of esters is 1. The van der Waals surface area contributed by atoms with E-state index in [1.54, 1.807) is 32.2 Å². The lowest BCUT2D eigenvalue weighted by Gasteiger charge is -2.49. The summed E-state index contributed by atoms with van der Waals surface area (Å²) in [6.45, 7) is 6.18. The first-order valence-corrected chi connectivity index (χ1v) is 15.3. The predicted octanol–water partition coefficient (Wildman–Crippen LogP) is 3.81. The Morgan fingerprint density at radius 1 is 1.19 bits per heavy atom. The summed E-state index contributed by atoms with van der Waals surface area (Å²) in [7, 11) is 0. The molecule has 1 saturated heterocycles. The normalized spacial score (nSPS) is 18.4. The fourth-order valence-corrected chi connectivity index (χ4v) is 6.41. The van der Waals surface area contributed by atoms with Crippen molar-refractivity contribution in [2.45, 2.75) is 57.6 Å². The molecule has 2 atom stereocenters.